The van der Waals surface area contributed by atoms with Crippen LogP contribution in [0.1, 0.15) is 18.1 Å². The molecule has 0 saturated heterocycles. The van der Waals surface area contributed by atoms with Crippen LogP contribution in [0.4, 0.5) is 0 Å². The number of ether oxygens (including phenoxy) is 2. The molecule has 0 amide bonds. The van der Waals surface area contributed by atoms with Crippen LogP contribution in [0.25, 0.3) is 0 Å². The Morgan fingerprint density at radius 1 is 1.04 bits per heavy atom. The molecular formula is C20H25Cl3N2O3. The molecule has 1 atom stereocenters. The van der Waals surface area contributed by atoms with E-state index in [4.69, 9.17) is 44.3 Å². The van der Waals surface area contributed by atoms with E-state index in [1.807, 2.05) is 18.2 Å². The summed E-state index contributed by atoms with van der Waals surface area (Å²) < 4.78 is 11.3. The maximum Gasteiger partial charge on any atom is 0.180 e. The van der Waals surface area contributed by atoms with Crippen molar-refractivity contribution in [2.75, 3.05) is 26.7 Å². The summed E-state index contributed by atoms with van der Waals surface area (Å²) in [6.45, 7) is 4.73. The zero-order valence-corrected chi connectivity index (χ0v) is 18.2. The van der Waals surface area contributed by atoms with Crippen molar-refractivity contribution in [3.05, 3.63) is 56.5 Å². The van der Waals surface area contributed by atoms with Crippen molar-refractivity contribution in [2.24, 2.45) is 0 Å². The van der Waals surface area contributed by atoms with E-state index in [1.54, 1.807) is 26.2 Å². The van der Waals surface area contributed by atoms with Crippen LogP contribution in [-0.4, -0.2) is 38.0 Å². The van der Waals surface area contributed by atoms with Crippen molar-refractivity contribution in [2.45, 2.75) is 26.2 Å². The van der Waals surface area contributed by atoms with Gasteiger partial charge in [0.1, 0.15) is 6.61 Å². The van der Waals surface area contributed by atoms with Crippen molar-refractivity contribution in [1.82, 2.24) is 10.6 Å². The number of aliphatic hydroxyl groups is 1. The second-order valence-corrected chi connectivity index (χ2v) is 7.61. The molecule has 0 heterocycles. The topological polar surface area (TPSA) is 62.8 Å². The van der Waals surface area contributed by atoms with Crippen molar-refractivity contribution < 1.29 is 14.6 Å². The van der Waals surface area contributed by atoms with E-state index in [9.17, 15) is 5.11 Å². The molecule has 3 N–H and O–H groups in total. The molecule has 0 radical (unpaired) electrons. The van der Waals surface area contributed by atoms with Crippen LogP contribution in [-0.2, 0) is 13.2 Å². The highest BCUT2D eigenvalue weighted by Gasteiger charge is 2.13. The van der Waals surface area contributed by atoms with Crippen LogP contribution in [0.15, 0.2) is 30.3 Å². The Labute approximate surface area is 180 Å². The summed E-state index contributed by atoms with van der Waals surface area (Å²) in [6, 6.07) is 8.98. The Bertz CT molecular complexity index is 773. The quantitative estimate of drug-likeness (QED) is 0.448. The summed E-state index contributed by atoms with van der Waals surface area (Å²) in [5, 5.41) is 17.2. The molecule has 0 unspecified atom stereocenters. The molecule has 0 saturated carbocycles. The second-order valence-electron chi connectivity index (χ2n) is 6.36. The van der Waals surface area contributed by atoms with Crippen molar-refractivity contribution in [3.63, 3.8) is 0 Å². The first kappa shape index (κ1) is 23.1. The zero-order chi connectivity index (χ0) is 20.5. The minimum atomic E-state index is -0.349. The molecule has 28 heavy (non-hydrogen) atoms. The maximum atomic E-state index is 9.21. The van der Waals surface area contributed by atoms with Gasteiger partial charge >= 0.3 is 0 Å². The highest BCUT2D eigenvalue weighted by atomic mass is 35.5. The highest BCUT2D eigenvalue weighted by Crippen LogP contribution is 2.37. The lowest BCUT2D eigenvalue weighted by Gasteiger charge is -2.15. The Balaban J connectivity index is 1.94. The van der Waals surface area contributed by atoms with Gasteiger partial charge in [-0.3, -0.25) is 0 Å². The largest absolute Gasteiger partial charge is 0.493 e. The van der Waals surface area contributed by atoms with Crippen LogP contribution < -0.4 is 20.1 Å². The number of rotatable bonds is 11. The molecule has 8 heteroatoms. The summed E-state index contributed by atoms with van der Waals surface area (Å²) in [6.07, 6.45) is -0.349. The first-order chi connectivity index (χ1) is 13.4. The number of halogens is 3. The third-order valence-electron chi connectivity index (χ3n) is 3.92. The zero-order valence-electron chi connectivity index (χ0n) is 15.9. The van der Waals surface area contributed by atoms with Gasteiger partial charge in [0.2, 0.25) is 0 Å². The van der Waals surface area contributed by atoms with Crippen LogP contribution in [0.3, 0.4) is 0 Å². The minimum Gasteiger partial charge on any atom is -0.493 e. The molecule has 5 nitrogen and oxygen atoms in total. The summed E-state index contributed by atoms with van der Waals surface area (Å²) >= 11 is 18.5. The molecule has 2 aromatic rings. The first-order valence-corrected chi connectivity index (χ1v) is 10.1. The smallest absolute Gasteiger partial charge is 0.180 e. The number of hydrogen-bond donors (Lipinski definition) is 3. The van der Waals surface area contributed by atoms with Crippen LogP contribution in [0.2, 0.25) is 15.1 Å². The number of benzene rings is 2. The fourth-order valence-electron chi connectivity index (χ4n) is 2.52. The fourth-order valence-corrected chi connectivity index (χ4v) is 3.28. The molecule has 154 valence electrons. The molecule has 0 aliphatic rings. The molecule has 2 aromatic carbocycles. The van der Waals surface area contributed by atoms with Gasteiger partial charge < -0.3 is 25.2 Å². The van der Waals surface area contributed by atoms with Gasteiger partial charge in [-0.25, -0.2) is 0 Å². The van der Waals surface area contributed by atoms with Crippen molar-refractivity contribution >= 4 is 34.8 Å². The van der Waals surface area contributed by atoms with Crippen LogP contribution >= 0.6 is 34.8 Å². The van der Waals surface area contributed by atoms with Gasteiger partial charge in [-0.2, -0.15) is 0 Å². The number of methoxy groups -OCH3 is 1. The van der Waals surface area contributed by atoms with Crippen molar-refractivity contribution in [1.29, 1.82) is 0 Å². The minimum absolute atomic E-state index is 0.249. The monoisotopic (exact) mass is 446 g/mol. The number of nitrogens with one attached hydrogen (secondary N) is 2. The predicted molar refractivity (Wildman–Crippen MR) is 115 cm³/mol. The third kappa shape index (κ3) is 7.32. The average Bonchev–Trinajstić information content (AvgIpc) is 2.64. The average molecular weight is 448 g/mol. The SMILES string of the molecule is COc1cc(CNCCNC[C@@H](C)O)cc(Cl)c1OCc1ccc(Cl)cc1Cl. The summed E-state index contributed by atoms with van der Waals surface area (Å²) in [4.78, 5) is 0. The van der Waals surface area contributed by atoms with Crippen LogP contribution in [0, 0.1) is 0 Å². The lowest BCUT2D eigenvalue weighted by Crippen LogP contribution is -2.31. The Kier molecular flexibility index (Phi) is 9.65. The molecule has 0 aliphatic heterocycles. The van der Waals surface area contributed by atoms with Gasteiger partial charge in [-0.1, -0.05) is 40.9 Å². The lowest BCUT2D eigenvalue weighted by atomic mass is 10.2. The maximum absolute atomic E-state index is 9.21. The van der Waals surface area contributed by atoms with Crippen LogP contribution in [0.5, 0.6) is 11.5 Å². The van der Waals surface area contributed by atoms with E-state index in [-0.39, 0.29) is 12.7 Å². The Morgan fingerprint density at radius 2 is 1.79 bits per heavy atom. The predicted octanol–water partition coefficient (Wildman–Crippen LogP) is 4.29. The van der Waals surface area contributed by atoms with Gasteiger partial charge in [0, 0.05) is 41.8 Å². The molecule has 2 rings (SSSR count). The van der Waals surface area contributed by atoms with E-state index >= 15 is 0 Å². The molecule has 0 aliphatic carbocycles. The van der Waals surface area contributed by atoms with Gasteiger partial charge in [-0.05, 0) is 36.8 Å². The molecule has 0 bridgehead atoms. The van der Waals surface area contributed by atoms with E-state index < -0.39 is 0 Å². The second kappa shape index (κ2) is 11.7. The van der Waals surface area contributed by atoms with Gasteiger partial charge in [0.05, 0.1) is 18.2 Å². The van der Waals surface area contributed by atoms with E-state index in [0.717, 1.165) is 24.2 Å². The summed E-state index contributed by atoms with van der Waals surface area (Å²) in [5.74, 6) is 1.03. The third-order valence-corrected chi connectivity index (χ3v) is 4.79. The number of aliphatic hydroxyl groups excluding tert-OH is 1. The molecular weight excluding hydrogens is 423 g/mol. The molecule has 0 aromatic heterocycles. The first-order valence-electron chi connectivity index (χ1n) is 8.93. The normalized spacial score (nSPS) is 12.1. The van der Waals surface area contributed by atoms with E-state index in [2.05, 4.69) is 10.6 Å². The Morgan fingerprint density at radius 3 is 2.46 bits per heavy atom. The van der Waals surface area contributed by atoms with Crippen molar-refractivity contribution in [3.8, 4) is 11.5 Å². The standard InChI is InChI=1S/C20H25Cl3N2O3/c1-13(26)10-24-5-6-25-11-14-7-18(23)20(19(8-14)27-2)28-12-15-3-4-16(21)9-17(15)22/h3-4,7-9,13,24-26H,5-6,10-12H2,1-2H3/t13-/m1/s1. The van der Waals surface area contributed by atoms with E-state index in [1.165, 1.54) is 0 Å². The summed E-state index contributed by atoms with van der Waals surface area (Å²) in [7, 11) is 1.57. The van der Waals surface area contributed by atoms with Gasteiger partial charge in [0.15, 0.2) is 11.5 Å². The fraction of sp³-hybridized carbons (Fsp3) is 0.400. The highest BCUT2D eigenvalue weighted by molar-refractivity contribution is 6.35. The number of hydrogen-bond acceptors (Lipinski definition) is 5. The summed E-state index contributed by atoms with van der Waals surface area (Å²) in [5.41, 5.74) is 1.79. The van der Waals surface area contributed by atoms with E-state index in [0.29, 0.717) is 39.7 Å². The Hall–Kier alpha value is -1.21. The van der Waals surface area contributed by atoms with Gasteiger partial charge in [-0.15, -0.1) is 0 Å². The lowest BCUT2D eigenvalue weighted by molar-refractivity contribution is 0.191. The molecule has 0 spiro atoms. The molecule has 0 fully saturated rings. The van der Waals surface area contributed by atoms with Gasteiger partial charge in [0.25, 0.3) is 0 Å².